The van der Waals surface area contributed by atoms with Gasteiger partial charge in [-0.3, -0.25) is 0 Å². The van der Waals surface area contributed by atoms with E-state index in [9.17, 15) is 5.11 Å². The Kier molecular flexibility index (Phi) is 4.65. The molecule has 0 saturated heterocycles. The highest BCUT2D eigenvalue weighted by Gasteiger charge is 2.26. The fourth-order valence-corrected chi connectivity index (χ4v) is 3.39. The van der Waals surface area contributed by atoms with E-state index in [1.165, 1.54) is 0 Å². The molecule has 1 aromatic heterocycles. The SMILES string of the molecule is NCC(c1cccs1)C(O)c1c(Cl)cccc1Cl. The second kappa shape index (κ2) is 6.04. The minimum atomic E-state index is -0.796. The fourth-order valence-electron chi connectivity index (χ4n) is 1.90. The van der Waals surface area contributed by atoms with Crippen LogP contribution in [-0.2, 0) is 0 Å². The van der Waals surface area contributed by atoms with Crippen molar-refractivity contribution < 1.29 is 5.11 Å². The molecule has 0 aliphatic rings. The van der Waals surface area contributed by atoms with Crippen molar-refractivity contribution in [2.45, 2.75) is 12.0 Å². The van der Waals surface area contributed by atoms with Crippen LogP contribution in [0.1, 0.15) is 22.5 Å². The Hall–Kier alpha value is -0.580. The summed E-state index contributed by atoms with van der Waals surface area (Å²) < 4.78 is 0. The van der Waals surface area contributed by atoms with Crippen LogP contribution in [0.3, 0.4) is 0 Å². The Morgan fingerprint density at radius 3 is 2.33 bits per heavy atom. The Labute approximate surface area is 120 Å². The van der Waals surface area contributed by atoms with E-state index >= 15 is 0 Å². The van der Waals surface area contributed by atoms with Crippen molar-refractivity contribution in [3.05, 3.63) is 56.2 Å². The number of hydrogen-bond acceptors (Lipinski definition) is 3. The molecule has 0 amide bonds. The third kappa shape index (κ3) is 2.71. The van der Waals surface area contributed by atoms with Gasteiger partial charge in [-0.25, -0.2) is 0 Å². The van der Waals surface area contributed by atoms with Crippen molar-refractivity contribution >= 4 is 34.5 Å². The van der Waals surface area contributed by atoms with E-state index in [0.717, 1.165) is 4.88 Å². The van der Waals surface area contributed by atoms with E-state index in [1.807, 2.05) is 17.5 Å². The molecule has 0 spiro atoms. The molecular weight excluding hydrogens is 289 g/mol. The molecule has 0 fully saturated rings. The largest absolute Gasteiger partial charge is 0.388 e. The van der Waals surface area contributed by atoms with Gasteiger partial charge in [0.15, 0.2) is 0 Å². The zero-order valence-electron chi connectivity index (χ0n) is 9.51. The van der Waals surface area contributed by atoms with E-state index in [1.54, 1.807) is 29.5 Å². The first-order valence-corrected chi connectivity index (χ1v) is 7.14. The average molecular weight is 302 g/mol. The van der Waals surface area contributed by atoms with Gasteiger partial charge >= 0.3 is 0 Å². The van der Waals surface area contributed by atoms with Gasteiger partial charge in [0.2, 0.25) is 0 Å². The average Bonchev–Trinajstić information content (AvgIpc) is 2.83. The van der Waals surface area contributed by atoms with Crippen LogP contribution in [0.2, 0.25) is 10.0 Å². The van der Waals surface area contributed by atoms with Gasteiger partial charge in [0, 0.05) is 32.9 Å². The fraction of sp³-hybridized carbons (Fsp3) is 0.231. The Morgan fingerprint density at radius 1 is 1.17 bits per heavy atom. The third-order valence-electron chi connectivity index (χ3n) is 2.84. The summed E-state index contributed by atoms with van der Waals surface area (Å²) in [5.74, 6) is -0.192. The molecule has 2 rings (SSSR count). The van der Waals surface area contributed by atoms with Crippen LogP contribution in [0.4, 0.5) is 0 Å². The second-order valence-corrected chi connectivity index (χ2v) is 5.73. The molecule has 1 aromatic carbocycles. The van der Waals surface area contributed by atoms with Gasteiger partial charge in [-0.1, -0.05) is 35.3 Å². The Morgan fingerprint density at radius 2 is 1.83 bits per heavy atom. The number of hydrogen-bond donors (Lipinski definition) is 2. The minimum Gasteiger partial charge on any atom is -0.388 e. The van der Waals surface area contributed by atoms with E-state index in [0.29, 0.717) is 22.2 Å². The third-order valence-corrected chi connectivity index (χ3v) is 4.50. The second-order valence-electron chi connectivity index (χ2n) is 3.94. The van der Waals surface area contributed by atoms with Crippen LogP contribution in [0.5, 0.6) is 0 Å². The highest BCUT2D eigenvalue weighted by atomic mass is 35.5. The zero-order valence-corrected chi connectivity index (χ0v) is 11.8. The first-order chi connectivity index (χ1) is 8.65. The minimum absolute atomic E-state index is 0.192. The lowest BCUT2D eigenvalue weighted by atomic mass is 9.94. The zero-order chi connectivity index (χ0) is 13.1. The Bertz CT molecular complexity index is 495. The molecule has 96 valence electrons. The summed E-state index contributed by atoms with van der Waals surface area (Å²) in [5.41, 5.74) is 6.31. The molecule has 3 N–H and O–H groups in total. The van der Waals surface area contributed by atoms with Gasteiger partial charge in [-0.15, -0.1) is 11.3 Å². The molecule has 2 atom stereocenters. The summed E-state index contributed by atoms with van der Waals surface area (Å²) in [4.78, 5) is 1.03. The number of aliphatic hydroxyl groups is 1. The molecule has 18 heavy (non-hydrogen) atoms. The summed E-state index contributed by atoms with van der Waals surface area (Å²) in [5, 5.41) is 13.4. The molecule has 2 unspecified atom stereocenters. The lowest BCUT2D eigenvalue weighted by Gasteiger charge is -2.22. The lowest BCUT2D eigenvalue weighted by Crippen LogP contribution is -2.19. The molecule has 0 aliphatic carbocycles. The summed E-state index contributed by atoms with van der Waals surface area (Å²) in [6.07, 6.45) is -0.796. The summed E-state index contributed by atoms with van der Waals surface area (Å²) >= 11 is 13.8. The van der Waals surface area contributed by atoms with E-state index < -0.39 is 6.10 Å². The highest BCUT2D eigenvalue weighted by Crippen LogP contribution is 2.39. The number of rotatable bonds is 4. The number of halogens is 2. The predicted molar refractivity (Wildman–Crippen MR) is 77.5 cm³/mol. The lowest BCUT2D eigenvalue weighted by molar-refractivity contribution is 0.149. The van der Waals surface area contributed by atoms with Gasteiger partial charge in [0.05, 0.1) is 6.10 Å². The van der Waals surface area contributed by atoms with Gasteiger partial charge in [-0.2, -0.15) is 0 Å². The monoisotopic (exact) mass is 301 g/mol. The van der Waals surface area contributed by atoms with Crippen molar-refractivity contribution in [1.82, 2.24) is 0 Å². The van der Waals surface area contributed by atoms with Gasteiger partial charge in [0.25, 0.3) is 0 Å². The number of thiophene rings is 1. The van der Waals surface area contributed by atoms with Crippen molar-refractivity contribution in [3.63, 3.8) is 0 Å². The Balaban J connectivity index is 2.38. The first-order valence-electron chi connectivity index (χ1n) is 5.50. The first kappa shape index (κ1) is 13.8. The summed E-state index contributed by atoms with van der Waals surface area (Å²) in [6.45, 7) is 0.337. The van der Waals surface area contributed by atoms with Gasteiger partial charge in [0.1, 0.15) is 0 Å². The molecule has 2 nitrogen and oxygen atoms in total. The normalized spacial score (nSPS) is 14.4. The summed E-state index contributed by atoms with van der Waals surface area (Å²) in [6, 6.07) is 9.07. The quantitative estimate of drug-likeness (QED) is 0.901. The van der Waals surface area contributed by atoms with Crippen molar-refractivity contribution in [2.24, 2.45) is 5.73 Å². The maximum Gasteiger partial charge on any atom is 0.0907 e. The molecule has 5 heteroatoms. The molecule has 0 aliphatic heterocycles. The van der Waals surface area contributed by atoms with Crippen LogP contribution in [0.15, 0.2) is 35.7 Å². The molecule has 2 aromatic rings. The van der Waals surface area contributed by atoms with Crippen molar-refractivity contribution in [1.29, 1.82) is 0 Å². The van der Waals surface area contributed by atoms with Crippen molar-refractivity contribution in [2.75, 3.05) is 6.54 Å². The van der Waals surface area contributed by atoms with E-state index in [-0.39, 0.29) is 5.92 Å². The maximum absolute atomic E-state index is 10.5. The van der Waals surface area contributed by atoms with Crippen molar-refractivity contribution in [3.8, 4) is 0 Å². The van der Waals surface area contributed by atoms with Crippen LogP contribution >= 0.6 is 34.5 Å². The highest BCUT2D eigenvalue weighted by molar-refractivity contribution is 7.10. The molecule has 0 saturated carbocycles. The molecule has 0 bridgehead atoms. The van der Waals surface area contributed by atoms with Crippen LogP contribution in [0.25, 0.3) is 0 Å². The number of nitrogens with two attached hydrogens (primary N) is 1. The molecule has 1 heterocycles. The van der Waals surface area contributed by atoms with E-state index in [4.69, 9.17) is 28.9 Å². The van der Waals surface area contributed by atoms with Crippen LogP contribution in [-0.4, -0.2) is 11.7 Å². The standard InChI is InChI=1S/C13H13Cl2NOS/c14-9-3-1-4-10(15)12(9)13(17)8(7-16)11-5-2-6-18-11/h1-6,8,13,17H,7,16H2. The van der Waals surface area contributed by atoms with E-state index in [2.05, 4.69) is 0 Å². The number of benzene rings is 1. The summed E-state index contributed by atoms with van der Waals surface area (Å²) in [7, 11) is 0. The topological polar surface area (TPSA) is 46.2 Å². The maximum atomic E-state index is 10.5. The van der Waals surface area contributed by atoms with Crippen LogP contribution < -0.4 is 5.73 Å². The van der Waals surface area contributed by atoms with Crippen LogP contribution in [0, 0.1) is 0 Å². The van der Waals surface area contributed by atoms with Gasteiger partial charge in [-0.05, 0) is 23.6 Å². The smallest absolute Gasteiger partial charge is 0.0907 e. The molecular formula is C13H13Cl2NOS. The molecule has 0 radical (unpaired) electrons. The predicted octanol–water partition coefficient (Wildman–Crippen LogP) is 3.83. The number of aliphatic hydroxyl groups excluding tert-OH is 1. The van der Waals surface area contributed by atoms with Gasteiger partial charge < -0.3 is 10.8 Å².